The molecule has 152 valence electrons. The summed E-state index contributed by atoms with van der Waals surface area (Å²) in [4.78, 5) is 28.4. The van der Waals surface area contributed by atoms with Crippen molar-refractivity contribution in [3.8, 4) is 0 Å². The Kier molecular flexibility index (Phi) is 4.89. The van der Waals surface area contributed by atoms with Crippen LogP contribution in [0.3, 0.4) is 0 Å². The van der Waals surface area contributed by atoms with E-state index in [2.05, 4.69) is 20.9 Å². The van der Waals surface area contributed by atoms with E-state index in [4.69, 9.17) is 0 Å². The molecule has 0 atom stereocenters. The summed E-state index contributed by atoms with van der Waals surface area (Å²) < 4.78 is 38.6. The summed E-state index contributed by atoms with van der Waals surface area (Å²) >= 11 is 0. The number of benzene rings is 1. The topological polar surface area (TPSA) is 83.1 Å². The fraction of sp³-hybridized carbons (Fsp3) is 0.350. The Balaban J connectivity index is 1.69. The number of hydrogen-bond acceptors (Lipinski definition) is 4. The molecule has 1 aromatic heterocycles. The van der Waals surface area contributed by atoms with Crippen molar-refractivity contribution in [2.75, 3.05) is 22.5 Å². The predicted molar refractivity (Wildman–Crippen MR) is 102 cm³/mol. The number of aromatic nitrogens is 1. The Bertz CT molecular complexity index is 988. The third kappa shape index (κ3) is 4.03. The van der Waals surface area contributed by atoms with Crippen LogP contribution in [-0.4, -0.2) is 29.5 Å². The monoisotopic (exact) mass is 404 g/mol. The molecule has 0 aliphatic carbocycles. The van der Waals surface area contributed by atoms with Crippen LogP contribution in [0.15, 0.2) is 24.5 Å². The zero-order valence-electron chi connectivity index (χ0n) is 15.4. The number of fused-ring (bicyclic) bond motifs is 3. The van der Waals surface area contributed by atoms with E-state index in [1.54, 1.807) is 6.07 Å². The minimum absolute atomic E-state index is 0.0457. The van der Waals surface area contributed by atoms with Crippen molar-refractivity contribution in [2.24, 2.45) is 0 Å². The van der Waals surface area contributed by atoms with Gasteiger partial charge in [0.2, 0.25) is 5.91 Å². The molecular weight excluding hydrogens is 385 g/mol. The fourth-order valence-electron chi connectivity index (χ4n) is 3.83. The van der Waals surface area contributed by atoms with Gasteiger partial charge in [0.1, 0.15) is 0 Å². The number of amides is 2. The van der Waals surface area contributed by atoms with Gasteiger partial charge in [0.15, 0.2) is 0 Å². The zero-order valence-corrected chi connectivity index (χ0v) is 15.4. The molecule has 3 N–H and O–H groups in total. The maximum atomic E-state index is 12.9. The Morgan fingerprint density at radius 3 is 2.83 bits per heavy atom. The molecule has 1 aromatic carbocycles. The number of anilines is 3. The van der Waals surface area contributed by atoms with Crippen molar-refractivity contribution in [3.63, 3.8) is 0 Å². The molecule has 2 aliphatic heterocycles. The molecule has 0 spiro atoms. The Hall–Kier alpha value is -3.10. The summed E-state index contributed by atoms with van der Waals surface area (Å²) in [6, 6.07) is 3.07. The van der Waals surface area contributed by atoms with Crippen molar-refractivity contribution in [2.45, 2.75) is 38.3 Å². The SMILES string of the molecule is O=C1CCc2cc(NC(=O)c3ccncc3CC(F)(F)F)c3c(c2N1)CCCN3. The Labute approximate surface area is 164 Å². The molecule has 2 aliphatic rings. The molecule has 3 heterocycles. The van der Waals surface area contributed by atoms with Crippen molar-refractivity contribution >= 4 is 28.9 Å². The number of halogens is 3. The van der Waals surface area contributed by atoms with Crippen LogP contribution in [-0.2, 0) is 24.1 Å². The number of pyridine rings is 1. The molecule has 0 radical (unpaired) electrons. The minimum atomic E-state index is -4.44. The van der Waals surface area contributed by atoms with Gasteiger partial charge in [0.05, 0.1) is 17.8 Å². The highest BCUT2D eigenvalue weighted by Crippen LogP contribution is 2.41. The van der Waals surface area contributed by atoms with E-state index < -0.39 is 18.5 Å². The molecule has 0 bridgehead atoms. The largest absolute Gasteiger partial charge is 0.393 e. The van der Waals surface area contributed by atoms with Crippen LogP contribution in [0.25, 0.3) is 0 Å². The van der Waals surface area contributed by atoms with Crippen LogP contribution in [0, 0.1) is 0 Å². The van der Waals surface area contributed by atoms with Gasteiger partial charge < -0.3 is 16.0 Å². The normalized spacial score (nSPS) is 15.6. The van der Waals surface area contributed by atoms with Crippen molar-refractivity contribution in [3.05, 3.63) is 46.8 Å². The lowest BCUT2D eigenvalue weighted by Gasteiger charge is -2.29. The lowest BCUT2D eigenvalue weighted by molar-refractivity contribution is -0.127. The molecule has 2 amide bonds. The molecule has 0 saturated heterocycles. The quantitative estimate of drug-likeness (QED) is 0.729. The number of alkyl halides is 3. The number of carbonyl (C=O) groups excluding carboxylic acids is 2. The zero-order chi connectivity index (χ0) is 20.6. The third-order valence-corrected chi connectivity index (χ3v) is 5.09. The molecule has 6 nitrogen and oxygen atoms in total. The second-order valence-electron chi connectivity index (χ2n) is 7.17. The van der Waals surface area contributed by atoms with Crippen molar-refractivity contribution in [1.29, 1.82) is 0 Å². The van der Waals surface area contributed by atoms with E-state index in [-0.39, 0.29) is 17.0 Å². The number of hydrogen-bond donors (Lipinski definition) is 3. The van der Waals surface area contributed by atoms with Crippen LogP contribution in [0.2, 0.25) is 0 Å². The average molecular weight is 404 g/mol. The second-order valence-corrected chi connectivity index (χ2v) is 7.17. The third-order valence-electron chi connectivity index (χ3n) is 5.09. The summed E-state index contributed by atoms with van der Waals surface area (Å²) in [6.07, 6.45) is -0.781. The molecular formula is C20H19F3N4O2. The fourth-order valence-corrected chi connectivity index (χ4v) is 3.83. The summed E-state index contributed by atoms with van der Waals surface area (Å²) in [7, 11) is 0. The van der Waals surface area contributed by atoms with Gasteiger partial charge >= 0.3 is 6.18 Å². The van der Waals surface area contributed by atoms with Crippen LogP contribution < -0.4 is 16.0 Å². The molecule has 4 rings (SSSR count). The van der Waals surface area contributed by atoms with Crippen LogP contribution in [0.5, 0.6) is 0 Å². The van der Waals surface area contributed by atoms with Crippen LogP contribution in [0.4, 0.5) is 30.2 Å². The van der Waals surface area contributed by atoms with Crippen LogP contribution >= 0.6 is 0 Å². The lowest BCUT2D eigenvalue weighted by Crippen LogP contribution is -2.25. The first kappa shape index (κ1) is 19.2. The summed E-state index contributed by atoms with van der Waals surface area (Å²) in [5.74, 6) is -0.670. The summed E-state index contributed by atoms with van der Waals surface area (Å²) in [5, 5.41) is 8.92. The number of carbonyl (C=O) groups is 2. The number of nitrogens with one attached hydrogen (secondary N) is 3. The molecule has 0 saturated carbocycles. The molecule has 9 heteroatoms. The van der Waals surface area contributed by atoms with E-state index in [9.17, 15) is 22.8 Å². The van der Waals surface area contributed by atoms with Gasteiger partial charge in [0.25, 0.3) is 5.91 Å². The maximum absolute atomic E-state index is 12.9. The summed E-state index contributed by atoms with van der Waals surface area (Å²) in [6.45, 7) is 0.706. The first-order valence-electron chi connectivity index (χ1n) is 9.35. The smallest absolute Gasteiger partial charge is 0.383 e. The highest BCUT2D eigenvalue weighted by Gasteiger charge is 2.31. The van der Waals surface area contributed by atoms with Crippen molar-refractivity contribution < 1.29 is 22.8 Å². The van der Waals surface area contributed by atoms with Gasteiger partial charge in [-0.3, -0.25) is 14.6 Å². The molecule has 29 heavy (non-hydrogen) atoms. The second kappa shape index (κ2) is 7.38. The highest BCUT2D eigenvalue weighted by atomic mass is 19.4. The Morgan fingerprint density at radius 2 is 2.03 bits per heavy atom. The maximum Gasteiger partial charge on any atom is 0.393 e. The minimum Gasteiger partial charge on any atom is -0.383 e. The molecule has 0 unspecified atom stereocenters. The van der Waals surface area contributed by atoms with Gasteiger partial charge in [-0.15, -0.1) is 0 Å². The number of rotatable bonds is 3. The van der Waals surface area contributed by atoms with Crippen LogP contribution in [0.1, 0.15) is 39.9 Å². The van der Waals surface area contributed by atoms with E-state index in [1.165, 1.54) is 12.3 Å². The van der Waals surface area contributed by atoms with E-state index in [1.807, 2.05) is 0 Å². The lowest BCUT2D eigenvalue weighted by atomic mass is 9.92. The van der Waals surface area contributed by atoms with Gasteiger partial charge in [-0.2, -0.15) is 13.2 Å². The first-order valence-corrected chi connectivity index (χ1v) is 9.35. The van der Waals surface area contributed by atoms with E-state index in [0.29, 0.717) is 30.8 Å². The van der Waals surface area contributed by atoms with E-state index >= 15 is 0 Å². The van der Waals surface area contributed by atoms with E-state index in [0.717, 1.165) is 35.9 Å². The Morgan fingerprint density at radius 1 is 1.21 bits per heavy atom. The van der Waals surface area contributed by atoms with Crippen molar-refractivity contribution in [1.82, 2.24) is 4.98 Å². The molecule has 0 fully saturated rings. The summed E-state index contributed by atoms with van der Waals surface area (Å²) in [5.41, 5.74) is 3.59. The van der Waals surface area contributed by atoms with Gasteiger partial charge in [-0.1, -0.05) is 0 Å². The first-order chi connectivity index (χ1) is 13.8. The number of aryl methyl sites for hydroxylation is 1. The van der Waals surface area contributed by atoms with Gasteiger partial charge in [-0.05, 0) is 42.5 Å². The molecule has 2 aromatic rings. The predicted octanol–water partition coefficient (Wildman–Crippen LogP) is 3.68. The number of nitrogens with zero attached hydrogens (tertiary/aromatic N) is 1. The standard InChI is InChI=1S/C20H19F3N4O2/c21-20(22,23)9-12-10-24-7-5-13(12)19(29)26-15-8-11-3-4-16(28)27-17(11)14-2-1-6-25-18(14)15/h5,7-8,10,25H,1-4,6,9H2,(H,26,29)(H,27,28). The van der Waals surface area contributed by atoms with Gasteiger partial charge in [0, 0.05) is 42.2 Å². The average Bonchev–Trinajstić information content (AvgIpc) is 2.68. The van der Waals surface area contributed by atoms with Gasteiger partial charge in [-0.25, -0.2) is 0 Å². The highest BCUT2D eigenvalue weighted by molar-refractivity contribution is 6.08.